The largest absolute Gasteiger partial charge is 0.454 e. The molecule has 1 heterocycles. The lowest BCUT2D eigenvalue weighted by Gasteiger charge is -2.04. The Kier molecular flexibility index (Phi) is 3.82. The van der Waals surface area contributed by atoms with Crippen molar-refractivity contribution in [2.75, 3.05) is 6.79 Å². The Morgan fingerprint density at radius 3 is 2.77 bits per heavy atom. The monoisotopic (exact) mass is 302 g/mol. The van der Waals surface area contributed by atoms with E-state index in [1.54, 1.807) is 12.1 Å². The number of hydrogen-bond acceptors (Lipinski definition) is 4. The van der Waals surface area contributed by atoms with E-state index in [4.69, 9.17) is 15.0 Å². The van der Waals surface area contributed by atoms with Crippen molar-refractivity contribution >= 4 is 5.70 Å². The summed E-state index contributed by atoms with van der Waals surface area (Å²) in [6, 6.07) is 8.50. The number of rotatable bonds is 4. The van der Waals surface area contributed by atoms with Crippen LogP contribution in [-0.4, -0.2) is 6.79 Å². The summed E-state index contributed by atoms with van der Waals surface area (Å²) in [6.07, 6.45) is 1.98. The molecule has 22 heavy (non-hydrogen) atoms. The van der Waals surface area contributed by atoms with E-state index in [-0.39, 0.29) is 18.1 Å². The Labute approximate surface area is 125 Å². The molecular formula is C16H12F2N2O2. The molecule has 6 heteroatoms. The van der Waals surface area contributed by atoms with E-state index in [1.165, 1.54) is 0 Å². The van der Waals surface area contributed by atoms with E-state index >= 15 is 0 Å². The third-order valence-electron chi connectivity index (χ3n) is 3.29. The quantitative estimate of drug-likeness (QED) is 0.856. The van der Waals surface area contributed by atoms with Crippen LogP contribution < -0.4 is 9.47 Å². The highest BCUT2D eigenvalue weighted by atomic mass is 19.1. The first kappa shape index (κ1) is 14.2. The number of nitrogens with one attached hydrogen (secondary N) is 1. The molecule has 0 aromatic heterocycles. The molecule has 0 radical (unpaired) electrons. The Morgan fingerprint density at radius 2 is 1.95 bits per heavy atom. The van der Waals surface area contributed by atoms with Crippen LogP contribution in [0.2, 0.25) is 0 Å². The molecule has 1 aliphatic heterocycles. The van der Waals surface area contributed by atoms with Crippen LogP contribution in [-0.2, 0) is 6.42 Å². The van der Waals surface area contributed by atoms with Gasteiger partial charge in [0, 0.05) is 5.56 Å². The second-order valence-corrected chi connectivity index (χ2v) is 4.72. The summed E-state index contributed by atoms with van der Waals surface area (Å²) in [5.41, 5.74) is 8.11. The van der Waals surface area contributed by atoms with Gasteiger partial charge in [-0.3, -0.25) is 0 Å². The van der Waals surface area contributed by atoms with Crippen LogP contribution in [0.25, 0.3) is 5.70 Å². The van der Waals surface area contributed by atoms with Crippen molar-refractivity contribution in [1.82, 2.24) is 0 Å². The van der Waals surface area contributed by atoms with Gasteiger partial charge >= 0.3 is 0 Å². The summed E-state index contributed by atoms with van der Waals surface area (Å²) < 4.78 is 37.5. The fraction of sp³-hybridized carbons (Fsp3) is 0.125. The minimum Gasteiger partial charge on any atom is -0.454 e. The summed E-state index contributed by atoms with van der Waals surface area (Å²) in [6.45, 7) is 0.191. The standard InChI is InChI=1S/C16H12F2N2O2/c17-11-3-4-13(18)12(8-11)14(20-19)5-1-10-2-6-15-16(7-10)22-9-21-15/h2-8,19H,1,9H2/b14-5-,20-19?. The number of ether oxygens (including phenoxy) is 2. The first-order valence-electron chi connectivity index (χ1n) is 6.59. The molecule has 4 nitrogen and oxygen atoms in total. The van der Waals surface area contributed by atoms with Crippen molar-refractivity contribution in [3.8, 4) is 11.5 Å². The molecule has 2 aromatic carbocycles. The molecule has 112 valence electrons. The summed E-state index contributed by atoms with van der Waals surface area (Å²) in [5.74, 6) is 0.130. The van der Waals surface area contributed by atoms with Crippen molar-refractivity contribution in [2.45, 2.75) is 6.42 Å². The molecule has 0 amide bonds. The SMILES string of the molecule is N=N/C(=C\Cc1ccc2c(c1)OCO2)c1cc(F)ccc1F. The van der Waals surface area contributed by atoms with Crippen LogP contribution in [0.1, 0.15) is 11.1 Å². The summed E-state index contributed by atoms with van der Waals surface area (Å²) >= 11 is 0. The van der Waals surface area contributed by atoms with E-state index in [0.29, 0.717) is 17.9 Å². The number of hydrogen-bond donors (Lipinski definition) is 1. The van der Waals surface area contributed by atoms with Crippen molar-refractivity contribution in [2.24, 2.45) is 5.11 Å². The maximum atomic E-state index is 13.7. The highest BCUT2D eigenvalue weighted by Crippen LogP contribution is 2.33. The Hall–Kier alpha value is -2.76. The molecule has 0 aliphatic carbocycles. The van der Waals surface area contributed by atoms with Gasteiger partial charge < -0.3 is 9.47 Å². The molecule has 1 N–H and O–H groups in total. The van der Waals surface area contributed by atoms with Gasteiger partial charge in [-0.2, -0.15) is 5.11 Å². The van der Waals surface area contributed by atoms with Crippen molar-refractivity contribution in [3.63, 3.8) is 0 Å². The van der Waals surface area contributed by atoms with Gasteiger partial charge in [0.2, 0.25) is 6.79 Å². The second kappa shape index (κ2) is 5.93. The molecule has 2 aromatic rings. The number of benzene rings is 2. The fourth-order valence-electron chi connectivity index (χ4n) is 2.19. The highest BCUT2D eigenvalue weighted by molar-refractivity contribution is 5.65. The Bertz CT molecular complexity index is 760. The summed E-state index contributed by atoms with van der Waals surface area (Å²) in [5, 5.41) is 3.30. The van der Waals surface area contributed by atoms with Gasteiger partial charge in [-0.1, -0.05) is 12.1 Å². The second-order valence-electron chi connectivity index (χ2n) is 4.72. The molecule has 0 saturated heterocycles. The molecule has 0 unspecified atom stereocenters. The zero-order valence-electron chi connectivity index (χ0n) is 11.5. The number of allylic oxidation sites excluding steroid dienone is 1. The normalized spacial score (nSPS) is 13.3. The lowest BCUT2D eigenvalue weighted by molar-refractivity contribution is 0.174. The van der Waals surface area contributed by atoms with Crippen LogP contribution in [0.4, 0.5) is 8.78 Å². The molecule has 3 rings (SSSR count). The Balaban J connectivity index is 1.86. The maximum Gasteiger partial charge on any atom is 0.231 e. The van der Waals surface area contributed by atoms with Crippen molar-refractivity contribution in [3.05, 3.63) is 65.2 Å². The van der Waals surface area contributed by atoms with Gasteiger partial charge in [-0.25, -0.2) is 14.3 Å². The van der Waals surface area contributed by atoms with Crippen molar-refractivity contribution < 1.29 is 18.3 Å². The molecule has 0 spiro atoms. The fourth-order valence-corrected chi connectivity index (χ4v) is 2.19. The van der Waals surface area contributed by atoms with E-state index in [0.717, 1.165) is 23.8 Å². The molecular weight excluding hydrogens is 290 g/mol. The van der Waals surface area contributed by atoms with Crippen LogP contribution >= 0.6 is 0 Å². The lowest BCUT2D eigenvalue weighted by atomic mass is 10.1. The number of halogens is 2. The third-order valence-corrected chi connectivity index (χ3v) is 3.29. The zero-order chi connectivity index (χ0) is 15.5. The van der Waals surface area contributed by atoms with Crippen LogP contribution in [0.15, 0.2) is 47.6 Å². The average Bonchev–Trinajstić information content (AvgIpc) is 2.98. The van der Waals surface area contributed by atoms with Gasteiger partial charge in [0.15, 0.2) is 11.5 Å². The smallest absolute Gasteiger partial charge is 0.231 e. The van der Waals surface area contributed by atoms with Crippen LogP contribution in [0.5, 0.6) is 11.5 Å². The van der Waals surface area contributed by atoms with E-state index in [1.807, 2.05) is 12.1 Å². The zero-order valence-corrected chi connectivity index (χ0v) is 11.5. The third kappa shape index (κ3) is 2.81. The van der Waals surface area contributed by atoms with Gasteiger partial charge in [0.25, 0.3) is 0 Å². The van der Waals surface area contributed by atoms with E-state index in [9.17, 15) is 8.78 Å². The molecule has 0 fully saturated rings. The molecule has 0 bridgehead atoms. The topological polar surface area (TPSA) is 54.7 Å². The van der Waals surface area contributed by atoms with Gasteiger partial charge in [-0.15, -0.1) is 0 Å². The van der Waals surface area contributed by atoms with E-state index in [2.05, 4.69) is 5.11 Å². The van der Waals surface area contributed by atoms with Gasteiger partial charge in [-0.05, 0) is 42.3 Å². The van der Waals surface area contributed by atoms with Gasteiger partial charge in [0.05, 0.1) is 5.70 Å². The predicted molar refractivity (Wildman–Crippen MR) is 75.8 cm³/mol. The minimum atomic E-state index is -0.616. The molecule has 1 aliphatic rings. The minimum absolute atomic E-state index is 0.0317. The van der Waals surface area contributed by atoms with E-state index < -0.39 is 11.6 Å². The van der Waals surface area contributed by atoms with Crippen molar-refractivity contribution in [1.29, 1.82) is 5.53 Å². The summed E-state index contributed by atoms with van der Waals surface area (Å²) in [7, 11) is 0. The summed E-state index contributed by atoms with van der Waals surface area (Å²) in [4.78, 5) is 0. The average molecular weight is 302 g/mol. The van der Waals surface area contributed by atoms with Crippen LogP contribution in [0.3, 0.4) is 0 Å². The highest BCUT2D eigenvalue weighted by Gasteiger charge is 2.13. The predicted octanol–water partition coefficient (Wildman–Crippen LogP) is 4.31. The Morgan fingerprint density at radius 1 is 1.14 bits per heavy atom. The molecule has 0 saturated carbocycles. The molecule has 0 atom stereocenters. The maximum absolute atomic E-state index is 13.7. The number of nitrogens with zero attached hydrogens (tertiary/aromatic N) is 1. The van der Waals surface area contributed by atoms with Crippen LogP contribution in [0, 0.1) is 17.2 Å². The van der Waals surface area contributed by atoms with Gasteiger partial charge in [0.1, 0.15) is 11.6 Å². The lowest BCUT2D eigenvalue weighted by Crippen LogP contribution is -1.93. The number of fused-ring (bicyclic) bond motifs is 1. The first-order valence-corrected chi connectivity index (χ1v) is 6.59. The first-order chi connectivity index (χ1) is 10.7.